The van der Waals surface area contributed by atoms with Gasteiger partial charge in [0, 0.05) is 25.2 Å². The lowest BCUT2D eigenvalue weighted by Gasteiger charge is -2.44. The molecule has 0 unspecified atom stereocenters. The molecule has 1 aromatic heterocycles. The molecular formula is C17H26N4. The van der Waals surface area contributed by atoms with Gasteiger partial charge in [-0.1, -0.05) is 12.8 Å². The summed E-state index contributed by atoms with van der Waals surface area (Å²) in [6.45, 7) is 2.03. The second-order valence-corrected chi connectivity index (χ2v) is 6.99. The SMILES string of the molecule is c1cc(N2CCC[C@H]3CCCC[C@H]32)nnc1CNC1CC1. The maximum atomic E-state index is 4.53. The molecular weight excluding hydrogens is 260 g/mol. The normalized spacial score (nSPS) is 29.2. The Kier molecular flexibility index (Phi) is 3.80. The van der Waals surface area contributed by atoms with Crippen LogP contribution in [0.3, 0.4) is 0 Å². The van der Waals surface area contributed by atoms with Gasteiger partial charge in [-0.05, 0) is 56.6 Å². The molecule has 1 aliphatic heterocycles. The van der Waals surface area contributed by atoms with Crippen LogP contribution in [0.2, 0.25) is 0 Å². The molecule has 3 fully saturated rings. The summed E-state index contributed by atoms with van der Waals surface area (Å²) in [5.41, 5.74) is 1.07. The van der Waals surface area contributed by atoms with Crippen molar-refractivity contribution in [1.29, 1.82) is 0 Å². The predicted octanol–water partition coefficient (Wildman–Crippen LogP) is 2.89. The maximum Gasteiger partial charge on any atom is 0.151 e. The molecule has 2 atom stereocenters. The second kappa shape index (κ2) is 5.91. The fourth-order valence-corrected chi connectivity index (χ4v) is 4.05. The van der Waals surface area contributed by atoms with Gasteiger partial charge >= 0.3 is 0 Å². The van der Waals surface area contributed by atoms with E-state index in [1.165, 1.54) is 51.4 Å². The molecule has 2 aliphatic carbocycles. The topological polar surface area (TPSA) is 41.1 Å². The van der Waals surface area contributed by atoms with Crippen LogP contribution in [-0.2, 0) is 6.54 Å². The van der Waals surface area contributed by atoms with E-state index in [1.54, 1.807) is 0 Å². The molecule has 0 amide bonds. The number of anilines is 1. The summed E-state index contributed by atoms with van der Waals surface area (Å²) in [5.74, 6) is 1.99. The first-order valence-electron chi connectivity index (χ1n) is 8.73. The van der Waals surface area contributed by atoms with Gasteiger partial charge in [-0.2, -0.15) is 5.10 Å². The second-order valence-electron chi connectivity index (χ2n) is 6.99. The van der Waals surface area contributed by atoms with E-state index in [-0.39, 0.29) is 0 Å². The molecule has 1 saturated heterocycles. The molecule has 0 spiro atoms. The minimum absolute atomic E-state index is 0.720. The van der Waals surface area contributed by atoms with Crippen LogP contribution in [0.4, 0.5) is 5.82 Å². The molecule has 114 valence electrons. The molecule has 2 heterocycles. The molecule has 1 N–H and O–H groups in total. The summed E-state index contributed by atoms with van der Waals surface area (Å²) in [4.78, 5) is 2.54. The smallest absolute Gasteiger partial charge is 0.151 e. The Morgan fingerprint density at radius 1 is 1.00 bits per heavy atom. The van der Waals surface area contributed by atoms with E-state index in [2.05, 4.69) is 32.5 Å². The molecule has 0 bridgehead atoms. The van der Waals surface area contributed by atoms with Gasteiger partial charge in [-0.15, -0.1) is 5.10 Å². The Bertz CT molecular complexity index is 466. The van der Waals surface area contributed by atoms with Crippen molar-refractivity contribution in [1.82, 2.24) is 15.5 Å². The van der Waals surface area contributed by atoms with Crippen molar-refractivity contribution in [2.75, 3.05) is 11.4 Å². The molecule has 1 aromatic rings. The number of piperidine rings is 1. The quantitative estimate of drug-likeness (QED) is 0.924. The average molecular weight is 286 g/mol. The number of nitrogens with one attached hydrogen (secondary N) is 1. The fourth-order valence-electron chi connectivity index (χ4n) is 4.05. The summed E-state index contributed by atoms with van der Waals surface area (Å²) < 4.78 is 0. The van der Waals surface area contributed by atoms with Gasteiger partial charge in [0.15, 0.2) is 5.82 Å². The molecule has 0 aromatic carbocycles. The zero-order valence-corrected chi connectivity index (χ0v) is 12.8. The number of fused-ring (bicyclic) bond motifs is 1. The van der Waals surface area contributed by atoms with Gasteiger partial charge < -0.3 is 10.2 Å². The van der Waals surface area contributed by atoms with Crippen LogP contribution in [0.15, 0.2) is 12.1 Å². The van der Waals surface area contributed by atoms with Crippen LogP contribution in [0.25, 0.3) is 0 Å². The van der Waals surface area contributed by atoms with Crippen LogP contribution in [-0.4, -0.2) is 28.8 Å². The van der Waals surface area contributed by atoms with Gasteiger partial charge in [0.1, 0.15) is 0 Å². The minimum Gasteiger partial charge on any atom is -0.352 e. The first-order chi connectivity index (χ1) is 10.4. The number of rotatable bonds is 4. The van der Waals surface area contributed by atoms with Gasteiger partial charge in [0.25, 0.3) is 0 Å². The van der Waals surface area contributed by atoms with Crippen LogP contribution < -0.4 is 10.2 Å². The fraction of sp³-hybridized carbons (Fsp3) is 0.765. The third kappa shape index (κ3) is 3.05. The average Bonchev–Trinajstić information content (AvgIpc) is 3.37. The van der Waals surface area contributed by atoms with Crippen LogP contribution in [0, 0.1) is 5.92 Å². The van der Waals surface area contributed by atoms with Crippen molar-refractivity contribution in [3.63, 3.8) is 0 Å². The van der Waals surface area contributed by atoms with Gasteiger partial charge in [-0.3, -0.25) is 0 Å². The summed E-state index contributed by atoms with van der Waals surface area (Å²) in [5, 5.41) is 12.5. The largest absolute Gasteiger partial charge is 0.352 e. The van der Waals surface area contributed by atoms with E-state index in [0.717, 1.165) is 42.6 Å². The maximum absolute atomic E-state index is 4.53. The molecule has 2 saturated carbocycles. The third-order valence-electron chi connectivity index (χ3n) is 5.39. The third-order valence-corrected chi connectivity index (χ3v) is 5.39. The molecule has 3 aliphatic rings. The monoisotopic (exact) mass is 286 g/mol. The van der Waals surface area contributed by atoms with E-state index in [0.29, 0.717) is 0 Å². The van der Waals surface area contributed by atoms with Crippen LogP contribution >= 0.6 is 0 Å². The lowest BCUT2D eigenvalue weighted by Crippen LogP contribution is -2.47. The zero-order valence-electron chi connectivity index (χ0n) is 12.8. The highest BCUT2D eigenvalue weighted by Crippen LogP contribution is 2.36. The summed E-state index contributed by atoms with van der Waals surface area (Å²) in [6, 6.07) is 5.80. The molecule has 0 radical (unpaired) electrons. The van der Waals surface area contributed by atoms with E-state index in [1.807, 2.05) is 0 Å². The minimum atomic E-state index is 0.720. The summed E-state index contributed by atoms with van der Waals surface area (Å²) >= 11 is 0. The van der Waals surface area contributed by atoms with E-state index in [9.17, 15) is 0 Å². The Morgan fingerprint density at radius 2 is 1.86 bits per heavy atom. The van der Waals surface area contributed by atoms with Crippen molar-refractivity contribution in [2.45, 2.75) is 70.0 Å². The van der Waals surface area contributed by atoms with Gasteiger partial charge in [0.2, 0.25) is 0 Å². The summed E-state index contributed by atoms with van der Waals surface area (Å²) in [7, 11) is 0. The summed E-state index contributed by atoms with van der Waals surface area (Å²) in [6.07, 6.45) is 10.9. The molecule has 21 heavy (non-hydrogen) atoms. The Balaban J connectivity index is 1.43. The zero-order chi connectivity index (χ0) is 14.1. The first kappa shape index (κ1) is 13.5. The van der Waals surface area contributed by atoms with E-state index < -0.39 is 0 Å². The van der Waals surface area contributed by atoms with E-state index >= 15 is 0 Å². The molecule has 4 rings (SSSR count). The lowest BCUT2D eigenvalue weighted by atomic mass is 9.78. The first-order valence-corrected chi connectivity index (χ1v) is 8.73. The van der Waals surface area contributed by atoms with Gasteiger partial charge in [-0.25, -0.2) is 0 Å². The Labute approximate surface area is 127 Å². The lowest BCUT2D eigenvalue weighted by molar-refractivity contribution is 0.242. The highest BCUT2D eigenvalue weighted by atomic mass is 15.3. The van der Waals surface area contributed by atoms with Crippen molar-refractivity contribution < 1.29 is 0 Å². The van der Waals surface area contributed by atoms with Crippen LogP contribution in [0.1, 0.15) is 57.1 Å². The van der Waals surface area contributed by atoms with Crippen molar-refractivity contribution in [2.24, 2.45) is 5.92 Å². The Morgan fingerprint density at radius 3 is 2.67 bits per heavy atom. The number of aromatic nitrogens is 2. The predicted molar refractivity (Wildman–Crippen MR) is 84.2 cm³/mol. The number of nitrogens with zero attached hydrogens (tertiary/aromatic N) is 3. The number of hydrogen-bond acceptors (Lipinski definition) is 4. The van der Waals surface area contributed by atoms with E-state index in [4.69, 9.17) is 0 Å². The molecule has 4 nitrogen and oxygen atoms in total. The van der Waals surface area contributed by atoms with Crippen molar-refractivity contribution in [3.05, 3.63) is 17.8 Å². The highest BCUT2D eigenvalue weighted by molar-refractivity contribution is 5.40. The Hall–Kier alpha value is -1.16. The van der Waals surface area contributed by atoms with Gasteiger partial charge in [0.05, 0.1) is 5.69 Å². The van der Waals surface area contributed by atoms with Crippen LogP contribution in [0.5, 0.6) is 0 Å². The van der Waals surface area contributed by atoms with Crippen molar-refractivity contribution in [3.8, 4) is 0 Å². The van der Waals surface area contributed by atoms with Crippen molar-refractivity contribution >= 4 is 5.82 Å². The number of hydrogen-bond donors (Lipinski definition) is 1. The highest BCUT2D eigenvalue weighted by Gasteiger charge is 2.33. The molecule has 4 heteroatoms. The standard InChI is InChI=1S/C17H26N4/c1-2-6-16-13(4-1)5-3-11-21(16)17-10-9-15(19-20-17)12-18-14-7-8-14/h9-10,13-14,16,18H,1-8,11-12H2/t13-,16-/m1/s1.